The van der Waals surface area contributed by atoms with Crippen LogP contribution >= 0.6 is 0 Å². The fraction of sp³-hybridized carbons (Fsp3) is 0.438. The molecule has 0 bridgehead atoms. The molecule has 1 N–H and O–H groups in total. The normalized spacial score (nSPS) is 30.3. The fourth-order valence-corrected chi connectivity index (χ4v) is 3.15. The number of benzene rings is 1. The van der Waals surface area contributed by atoms with Gasteiger partial charge in [0.15, 0.2) is 0 Å². The molecule has 2 aliphatic rings. The van der Waals surface area contributed by atoms with E-state index >= 15 is 0 Å². The lowest BCUT2D eigenvalue weighted by Gasteiger charge is -2.40. The van der Waals surface area contributed by atoms with E-state index in [-0.39, 0.29) is 17.7 Å². The third-order valence-corrected chi connectivity index (χ3v) is 4.18. The summed E-state index contributed by atoms with van der Waals surface area (Å²) in [7, 11) is 0. The molecule has 0 radical (unpaired) electrons. The van der Waals surface area contributed by atoms with Crippen molar-refractivity contribution in [2.45, 2.75) is 25.5 Å². The quantitative estimate of drug-likeness (QED) is 0.823. The maximum atomic E-state index is 12.5. The first-order chi connectivity index (χ1) is 9.25. The monoisotopic (exact) mass is 257 g/mol. The second-order valence-corrected chi connectivity index (χ2v) is 5.45. The minimum absolute atomic E-state index is 0.108. The molecule has 3 rings (SSSR count). The molecule has 1 amide bonds. The number of aliphatic hydroxyl groups excluding tert-OH is 1. The number of rotatable bonds is 2. The summed E-state index contributed by atoms with van der Waals surface area (Å²) in [5.74, 6) is 0.0997. The SMILES string of the molecule is O=C1[C@H]2[C@H](O)CC=C[C@H]2CCN1Cc1ccccc1. The number of aliphatic hydroxyl groups is 1. The van der Waals surface area contributed by atoms with E-state index in [0.717, 1.165) is 18.5 Å². The van der Waals surface area contributed by atoms with Crippen LogP contribution in [0.3, 0.4) is 0 Å². The van der Waals surface area contributed by atoms with Gasteiger partial charge in [-0.15, -0.1) is 0 Å². The van der Waals surface area contributed by atoms with E-state index in [1.807, 2.05) is 41.3 Å². The summed E-state index contributed by atoms with van der Waals surface area (Å²) in [6, 6.07) is 10.0. The number of carbonyl (C=O) groups excluding carboxylic acids is 1. The summed E-state index contributed by atoms with van der Waals surface area (Å²) in [5, 5.41) is 10.1. The Bertz CT molecular complexity index is 483. The summed E-state index contributed by atoms with van der Waals surface area (Å²) in [6.45, 7) is 1.44. The number of piperidine rings is 1. The largest absolute Gasteiger partial charge is 0.392 e. The number of nitrogens with zero attached hydrogens (tertiary/aromatic N) is 1. The summed E-state index contributed by atoms with van der Waals surface area (Å²) >= 11 is 0. The number of hydrogen-bond acceptors (Lipinski definition) is 2. The average molecular weight is 257 g/mol. The van der Waals surface area contributed by atoms with Crippen LogP contribution in [0.4, 0.5) is 0 Å². The Hall–Kier alpha value is -1.61. The molecule has 0 spiro atoms. The first-order valence-corrected chi connectivity index (χ1v) is 6.93. The zero-order valence-electron chi connectivity index (χ0n) is 10.9. The lowest BCUT2D eigenvalue weighted by Crippen LogP contribution is -2.50. The predicted octanol–water partition coefficient (Wildman–Crippen LogP) is 1.97. The number of carbonyl (C=O) groups is 1. The topological polar surface area (TPSA) is 40.5 Å². The molecular weight excluding hydrogens is 238 g/mol. The van der Waals surface area contributed by atoms with Crippen LogP contribution in [0, 0.1) is 11.8 Å². The zero-order valence-corrected chi connectivity index (χ0v) is 10.9. The van der Waals surface area contributed by atoms with Crippen molar-refractivity contribution in [3.05, 3.63) is 48.0 Å². The Balaban J connectivity index is 1.75. The summed E-state index contributed by atoms with van der Waals surface area (Å²) < 4.78 is 0. The molecule has 3 atom stereocenters. The number of fused-ring (bicyclic) bond motifs is 1. The molecule has 0 unspecified atom stereocenters. The number of likely N-dealkylation sites (tertiary alicyclic amines) is 1. The van der Waals surface area contributed by atoms with Crippen molar-refractivity contribution in [2.24, 2.45) is 11.8 Å². The van der Waals surface area contributed by atoms with Crippen molar-refractivity contribution < 1.29 is 9.90 Å². The Morgan fingerprint density at radius 3 is 2.84 bits per heavy atom. The predicted molar refractivity (Wildman–Crippen MR) is 73.2 cm³/mol. The maximum absolute atomic E-state index is 12.5. The maximum Gasteiger partial charge on any atom is 0.229 e. The van der Waals surface area contributed by atoms with Gasteiger partial charge < -0.3 is 10.0 Å². The Morgan fingerprint density at radius 1 is 1.26 bits per heavy atom. The minimum Gasteiger partial charge on any atom is -0.392 e. The van der Waals surface area contributed by atoms with Crippen LogP contribution in [0.5, 0.6) is 0 Å². The molecule has 1 saturated heterocycles. The highest BCUT2D eigenvalue weighted by Gasteiger charge is 2.40. The van der Waals surface area contributed by atoms with Crippen LogP contribution in [-0.2, 0) is 11.3 Å². The van der Waals surface area contributed by atoms with Gasteiger partial charge in [0.25, 0.3) is 0 Å². The first kappa shape index (κ1) is 12.4. The molecule has 1 aliphatic carbocycles. The van der Waals surface area contributed by atoms with E-state index in [1.165, 1.54) is 0 Å². The third kappa shape index (κ3) is 2.43. The highest BCUT2D eigenvalue weighted by molar-refractivity contribution is 5.81. The molecule has 1 aromatic rings. The van der Waals surface area contributed by atoms with Crippen molar-refractivity contribution in [3.63, 3.8) is 0 Å². The lowest BCUT2D eigenvalue weighted by atomic mass is 9.76. The zero-order chi connectivity index (χ0) is 13.2. The van der Waals surface area contributed by atoms with Crippen LogP contribution < -0.4 is 0 Å². The second kappa shape index (κ2) is 5.17. The smallest absolute Gasteiger partial charge is 0.229 e. The van der Waals surface area contributed by atoms with E-state index in [9.17, 15) is 9.90 Å². The Kier molecular flexibility index (Phi) is 3.38. The van der Waals surface area contributed by atoms with Gasteiger partial charge in [-0.25, -0.2) is 0 Å². The van der Waals surface area contributed by atoms with Crippen LogP contribution in [0.2, 0.25) is 0 Å². The summed E-state index contributed by atoms with van der Waals surface area (Å²) in [6.07, 6.45) is 5.16. The number of allylic oxidation sites excluding steroid dienone is 1. The van der Waals surface area contributed by atoms with Gasteiger partial charge in [-0.05, 0) is 24.3 Å². The molecule has 3 nitrogen and oxygen atoms in total. The summed E-state index contributed by atoms with van der Waals surface area (Å²) in [5.41, 5.74) is 1.15. The minimum atomic E-state index is -0.513. The Labute approximate surface area is 113 Å². The molecule has 1 aromatic carbocycles. The molecule has 19 heavy (non-hydrogen) atoms. The van der Waals surface area contributed by atoms with E-state index < -0.39 is 6.10 Å². The fourth-order valence-electron chi connectivity index (χ4n) is 3.15. The van der Waals surface area contributed by atoms with Crippen molar-refractivity contribution in [3.8, 4) is 0 Å². The highest BCUT2D eigenvalue weighted by Crippen LogP contribution is 2.33. The Morgan fingerprint density at radius 2 is 2.05 bits per heavy atom. The van der Waals surface area contributed by atoms with Crippen molar-refractivity contribution in [2.75, 3.05) is 6.54 Å². The third-order valence-electron chi connectivity index (χ3n) is 4.18. The molecule has 3 heteroatoms. The molecule has 0 saturated carbocycles. The molecule has 100 valence electrons. The molecular formula is C16H19NO2. The van der Waals surface area contributed by atoms with Gasteiger partial charge in [0.05, 0.1) is 12.0 Å². The highest BCUT2D eigenvalue weighted by atomic mass is 16.3. The lowest BCUT2D eigenvalue weighted by molar-refractivity contribution is -0.146. The van der Waals surface area contributed by atoms with Crippen molar-refractivity contribution in [1.82, 2.24) is 4.90 Å². The van der Waals surface area contributed by atoms with Gasteiger partial charge in [0.2, 0.25) is 5.91 Å². The molecule has 1 fully saturated rings. The van der Waals surface area contributed by atoms with Crippen LogP contribution in [0.1, 0.15) is 18.4 Å². The number of hydrogen-bond donors (Lipinski definition) is 1. The standard InChI is InChI=1S/C16H19NO2/c18-14-8-4-7-13-9-10-17(16(19)15(13)14)11-12-5-2-1-3-6-12/h1-7,13-15,18H,8-11H2/t13-,14+,15+/m0/s1. The first-order valence-electron chi connectivity index (χ1n) is 6.93. The second-order valence-electron chi connectivity index (χ2n) is 5.45. The number of amides is 1. The van der Waals surface area contributed by atoms with Gasteiger partial charge >= 0.3 is 0 Å². The average Bonchev–Trinajstić information content (AvgIpc) is 2.43. The van der Waals surface area contributed by atoms with Gasteiger partial charge in [-0.3, -0.25) is 4.79 Å². The molecule has 1 heterocycles. The summed E-state index contributed by atoms with van der Waals surface area (Å²) in [4.78, 5) is 14.4. The molecule has 0 aromatic heterocycles. The van der Waals surface area contributed by atoms with E-state index in [2.05, 4.69) is 6.08 Å². The van der Waals surface area contributed by atoms with Crippen molar-refractivity contribution >= 4 is 5.91 Å². The van der Waals surface area contributed by atoms with Crippen LogP contribution in [-0.4, -0.2) is 28.6 Å². The van der Waals surface area contributed by atoms with Gasteiger partial charge in [0.1, 0.15) is 0 Å². The van der Waals surface area contributed by atoms with Crippen molar-refractivity contribution in [1.29, 1.82) is 0 Å². The molecule has 1 aliphatic heterocycles. The van der Waals surface area contributed by atoms with Crippen LogP contribution in [0.15, 0.2) is 42.5 Å². The van der Waals surface area contributed by atoms with E-state index in [1.54, 1.807) is 0 Å². The van der Waals surface area contributed by atoms with E-state index in [4.69, 9.17) is 0 Å². The van der Waals surface area contributed by atoms with Gasteiger partial charge in [-0.1, -0.05) is 42.5 Å². The van der Waals surface area contributed by atoms with Gasteiger partial charge in [-0.2, -0.15) is 0 Å². The van der Waals surface area contributed by atoms with Crippen LogP contribution in [0.25, 0.3) is 0 Å². The van der Waals surface area contributed by atoms with Gasteiger partial charge in [0, 0.05) is 13.1 Å². The van der Waals surface area contributed by atoms with E-state index in [0.29, 0.717) is 13.0 Å².